The van der Waals surface area contributed by atoms with Gasteiger partial charge in [-0.2, -0.15) is 0 Å². The maximum atomic E-state index is 13.3. The molecule has 0 unspecified atom stereocenters. The van der Waals surface area contributed by atoms with Gasteiger partial charge in [-0.1, -0.05) is 17.7 Å². The van der Waals surface area contributed by atoms with Crippen molar-refractivity contribution in [3.8, 4) is 0 Å². The second-order valence-electron chi connectivity index (χ2n) is 5.46. The second-order valence-corrected chi connectivity index (χ2v) is 7.23. The van der Waals surface area contributed by atoms with E-state index in [1.807, 2.05) is 28.5 Å². The fourth-order valence-corrected chi connectivity index (χ4v) is 3.72. The molecular formula is C18H16ClFN2OS2. The summed E-state index contributed by atoms with van der Waals surface area (Å²) in [5.74, 6) is 0.349. The molecule has 130 valence electrons. The van der Waals surface area contributed by atoms with Crippen molar-refractivity contribution in [3.05, 3.63) is 75.6 Å². The van der Waals surface area contributed by atoms with E-state index >= 15 is 0 Å². The lowest BCUT2D eigenvalue weighted by Crippen LogP contribution is -2.36. The van der Waals surface area contributed by atoms with Crippen LogP contribution in [0.2, 0.25) is 5.02 Å². The number of rotatable bonds is 5. The van der Waals surface area contributed by atoms with Crippen molar-refractivity contribution in [3.63, 3.8) is 0 Å². The third-order valence-corrected chi connectivity index (χ3v) is 5.43. The molecule has 3 rings (SSSR count). The molecule has 0 fully saturated rings. The largest absolute Gasteiger partial charge is 0.467 e. The summed E-state index contributed by atoms with van der Waals surface area (Å²) < 4.78 is 18.8. The minimum atomic E-state index is -0.461. The molecule has 7 heteroatoms. The maximum absolute atomic E-state index is 13.3. The Morgan fingerprint density at radius 3 is 2.84 bits per heavy atom. The molecule has 0 spiro atoms. The number of furan rings is 1. The lowest BCUT2D eigenvalue weighted by Gasteiger charge is -2.30. The highest BCUT2D eigenvalue weighted by Gasteiger charge is 2.21. The van der Waals surface area contributed by atoms with Gasteiger partial charge in [0.05, 0.1) is 23.9 Å². The molecular weight excluding hydrogens is 379 g/mol. The third-order valence-electron chi connectivity index (χ3n) is 3.76. The van der Waals surface area contributed by atoms with Gasteiger partial charge in [0.2, 0.25) is 0 Å². The molecule has 0 amide bonds. The van der Waals surface area contributed by atoms with E-state index in [4.69, 9.17) is 28.2 Å². The Hall–Kier alpha value is -1.89. The molecule has 0 aliphatic carbocycles. The summed E-state index contributed by atoms with van der Waals surface area (Å²) in [6.45, 7) is 2.60. The predicted molar refractivity (Wildman–Crippen MR) is 105 cm³/mol. The van der Waals surface area contributed by atoms with Crippen LogP contribution in [-0.4, -0.2) is 10.0 Å². The molecule has 1 aromatic carbocycles. The van der Waals surface area contributed by atoms with Crippen molar-refractivity contribution in [2.24, 2.45) is 0 Å². The highest BCUT2D eigenvalue weighted by Crippen LogP contribution is 2.28. The Balaban J connectivity index is 1.82. The van der Waals surface area contributed by atoms with E-state index < -0.39 is 5.82 Å². The topological polar surface area (TPSA) is 28.4 Å². The minimum Gasteiger partial charge on any atom is -0.467 e. The van der Waals surface area contributed by atoms with Gasteiger partial charge in [0.25, 0.3) is 0 Å². The average molecular weight is 395 g/mol. The molecule has 0 aliphatic heterocycles. The third kappa shape index (κ3) is 4.39. The number of thiophene rings is 1. The van der Waals surface area contributed by atoms with E-state index in [-0.39, 0.29) is 11.1 Å². The minimum absolute atomic E-state index is 0.0525. The Morgan fingerprint density at radius 1 is 1.36 bits per heavy atom. The normalized spacial score (nSPS) is 12.0. The van der Waals surface area contributed by atoms with Crippen LogP contribution in [0.5, 0.6) is 0 Å². The smallest absolute Gasteiger partial charge is 0.174 e. The van der Waals surface area contributed by atoms with Gasteiger partial charge in [-0.05, 0) is 60.9 Å². The van der Waals surface area contributed by atoms with Crippen LogP contribution in [0, 0.1) is 5.82 Å². The molecule has 2 heterocycles. The van der Waals surface area contributed by atoms with Crippen LogP contribution in [0.25, 0.3) is 0 Å². The van der Waals surface area contributed by atoms with Crippen LogP contribution in [0.4, 0.5) is 10.1 Å². The fraction of sp³-hybridized carbons (Fsp3) is 0.167. The van der Waals surface area contributed by atoms with E-state index in [0.29, 0.717) is 17.3 Å². The molecule has 0 aliphatic rings. The summed E-state index contributed by atoms with van der Waals surface area (Å²) >= 11 is 13.1. The zero-order valence-corrected chi connectivity index (χ0v) is 15.8. The van der Waals surface area contributed by atoms with E-state index in [9.17, 15) is 4.39 Å². The van der Waals surface area contributed by atoms with Gasteiger partial charge in [-0.25, -0.2) is 4.39 Å². The highest BCUT2D eigenvalue weighted by atomic mass is 35.5. The van der Waals surface area contributed by atoms with Gasteiger partial charge in [-0.15, -0.1) is 11.3 Å². The van der Waals surface area contributed by atoms with Crippen molar-refractivity contribution in [2.45, 2.75) is 19.5 Å². The molecule has 0 saturated heterocycles. The zero-order chi connectivity index (χ0) is 17.8. The molecule has 0 radical (unpaired) electrons. The summed E-state index contributed by atoms with van der Waals surface area (Å²) in [4.78, 5) is 3.21. The van der Waals surface area contributed by atoms with Crippen molar-refractivity contribution >= 4 is 46.0 Å². The van der Waals surface area contributed by atoms with Crippen LogP contribution in [0.15, 0.2) is 58.5 Å². The number of anilines is 1. The summed E-state index contributed by atoms with van der Waals surface area (Å²) in [5.41, 5.74) is 0.638. The van der Waals surface area contributed by atoms with Crippen LogP contribution in [0.3, 0.4) is 0 Å². The molecule has 3 aromatic rings. The number of nitrogens with one attached hydrogen (secondary N) is 1. The van der Waals surface area contributed by atoms with Crippen LogP contribution in [0.1, 0.15) is 23.6 Å². The first-order valence-corrected chi connectivity index (χ1v) is 9.29. The summed E-state index contributed by atoms with van der Waals surface area (Å²) in [6, 6.07) is 12.3. The number of nitrogens with zero attached hydrogens (tertiary/aromatic N) is 1. The average Bonchev–Trinajstić information content (AvgIpc) is 3.28. The van der Waals surface area contributed by atoms with E-state index in [0.717, 1.165) is 5.76 Å². The molecule has 1 N–H and O–H groups in total. The van der Waals surface area contributed by atoms with Crippen molar-refractivity contribution in [1.82, 2.24) is 4.90 Å². The standard InChI is InChI=1S/C18H16ClFN2OS2/c1-12(17-5-3-9-25-17)22(11-14-4-2-8-23-14)18(24)21-13-6-7-16(20)15(19)10-13/h2-10,12H,11H2,1H3,(H,21,24)/t12-/m0/s1. The van der Waals surface area contributed by atoms with Gasteiger partial charge in [-0.3, -0.25) is 0 Å². The molecule has 25 heavy (non-hydrogen) atoms. The van der Waals surface area contributed by atoms with Gasteiger partial charge >= 0.3 is 0 Å². The molecule has 1 atom stereocenters. The molecule has 0 bridgehead atoms. The zero-order valence-electron chi connectivity index (χ0n) is 13.4. The van der Waals surface area contributed by atoms with E-state index in [1.165, 1.54) is 17.0 Å². The first-order valence-electron chi connectivity index (χ1n) is 7.63. The Labute approximate surface area is 160 Å². The van der Waals surface area contributed by atoms with E-state index in [1.54, 1.807) is 23.7 Å². The van der Waals surface area contributed by atoms with Gasteiger partial charge in [0.15, 0.2) is 5.11 Å². The number of thiocarbonyl (C=S) groups is 1. The predicted octanol–water partition coefficient (Wildman–Crippen LogP) is 6.09. The SMILES string of the molecule is C[C@@H](c1cccs1)N(Cc1ccco1)C(=S)Nc1ccc(F)c(Cl)c1. The van der Waals surface area contributed by atoms with Gasteiger partial charge in [0, 0.05) is 10.6 Å². The lowest BCUT2D eigenvalue weighted by atomic mass is 10.2. The summed E-state index contributed by atoms with van der Waals surface area (Å²) in [5, 5.41) is 5.74. The van der Waals surface area contributed by atoms with Crippen molar-refractivity contribution in [1.29, 1.82) is 0 Å². The second kappa shape index (κ2) is 7.99. The lowest BCUT2D eigenvalue weighted by molar-refractivity contribution is 0.306. The summed E-state index contributed by atoms with van der Waals surface area (Å²) in [6.07, 6.45) is 1.64. The van der Waals surface area contributed by atoms with Crippen molar-refractivity contribution in [2.75, 3.05) is 5.32 Å². The van der Waals surface area contributed by atoms with Gasteiger partial charge < -0.3 is 14.6 Å². The monoisotopic (exact) mass is 394 g/mol. The van der Waals surface area contributed by atoms with Crippen LogP contribution < -0.4 is 5.32 Å². The number of benzene rings is 1. The first-order chi connectivity index (χ1) is 12.0. The number of hydrogen-bond donors (Lipinski definition) is 1. The Bertz CT molecular complexity index is 837. The van der Waals surface area contributed by atoms with Crippen molar-refractivity contribution < 1.29 is 8.81 Å². The Morgan fingerprint density at radius 2 is 2.20 bits per heavy atom. The Kier molecular flexibility index (Phi) is 5.73. The fourth-order valence-electron chi connectivity index (χ4n) is 2.41. The molecule has 0 saturated carbocycles. The van der Waals surface area contributed by atoms with Crippen LogP contribution >= 0.6 is 35.2 Å². The summed E-state index contributed by atoms with van der Waals surface area (Å²) in [7, 11) is 0. The highest BCUT2D eigenvalue weighted by molar-refractivity contribution is 7.80. The molecule has 2 aromatic heterocycles. The van der Waals surface area contributed by atoms with E-state index in [2.05, 4.69) is 18.3 Å². The molecule has 3 nitrogen and oxygen atoms in total. The van der Waals surface area contributed by atoms with Crippen LogP contribution in [-0.2, 0) is 6.54 Å². The number of hydrogen-bond acceptors (Lipinski definition) is 3. The number of halogens is 2. The first kappa shape index (κ1) is 17.9. The maximum Gasteiger partial charge on any atom is 0.174 e. The quantitative estimate of drug-likeness (QED) is 0.530. The van der Waals surface area contributed by atoms with Gasteiger partial charge in [0.1, 0.15) is 11.6 Å².